The zero-order chi connectivity index (χ0) is 20.7. The molecule has 0 bridgehead atoms. The molecule has 1 aromatic carbocycles. The van der Waals surface area contributed by atoms with Crippen molar-refractivity contribution in [2.45, 2.75) is 64.0 Å². The monoisotopic (exact) mass is 396 g/mol. The van der Waals surface area contributed by atoms with Crippen LogP contribution in [0.1, 0.15) is 45.6 Å². The van der Waals surface area contributed by atoms with E-state index in [9.17, 15) is 30.3 Å². The molecule has 5 N–H and O–H groups in total. The molecule has 0 amide bonds. The van der Waals surface area contributed by atoms with Gasteiger partial charge in [0, 0.05) is 11.5 Å². The van der Waals surface area contributed by atoms with Crippen LogP contribution in [0.3, 0.4) is 0 Å². The van der Waals surface area contributed by atoms with Crippen LogP contribution in [-0.4, -0.2) is 75.2 Å². The summed E-state index contributed by atoms with van der Waals surface area (Å²) in [6.07, 6.45) is -6.93. The summed E-state index contributed by atoms with van der Waals surface area (Å²) in [7, 11) is 0. The van der Waals surface area contributed by atoms with Crippen molar-refractivity contribution in [2.75, 3.05) is 13.2 Å². The maximum Gasteiger partial charge on any atom is 0.186 e. The van der Waals surface area contributed by atoms with Gasteiger partial charge in [-0.15, -0.1) is 0 Å². The first kappa shape index (κ1) is 21.3. The fourth-order valence-corrected chi connectivity index (χ4v) is 4.12. The molecule has 28 heavy (non-hydrogen) atoms. The average Bonchev–Trinajstić information content (AvgIpc) is 2.88. The Labute approximate surface area is 163 Å². The molecule has 0 spiro atoms. The minimum atomic E-state index is -1.49. The lowest BCUT2D eigenvalue weighted by Crippen LogP contribution is -2.59. The largest absolute Gasteiger partial charge is 0.394 e. The van der Waals surface area contributed by atoms with Gasteiger partial charge in [-0.05, 0) is 42.5 Å². The maximum atomic E-state index is 12.5. The smallest absolute Gasteiger partial charge is 0.186 e. The first-order valence-electron chi connectivity index (χ1n) is 9.46. The SMILES string of the molecule is Cc1cc2c(c(C)c1CCO[C@@H]1O[C@H](CO)[C@@H](O)[C@H](O)[C@H]1O)C(=O)[C@H](C)[C@H]2O. The van der Waals surface area contributed by atoms with E-state index in [1.807, 2.05) is 19.9 Å². The number of aliphatic hydroxyl groups is 5. The second-order valence-corrected chi connectivity index (χ2v) is 7.68. The third-order valence-corrected chi connectivity index (χ3v) is 5.90. The number of carbonyl (C=O) groups is 1. The molecule has 1 aliphatic carbocycles. The third kappa shape index (κ3) is 3.50. The number of ether oxygens (including phenoxy) is 2. The molecule has 7 atom stereocenters. The number of benzene rings is 1. The van der Waals surface area contributed by atoms with Gasteiger partial charge in [-0.2, -0.15) is 0 Å². The lowest BCUT2D eigenvalue weighted by molar-refractivity contribution is -0.300. The highest BCUT2D eigenvalue weighted by molar-refractivity contribution is 6.04. The van der Waals surface area contributed by atoms with Crippen LogP contribution < -0.4 is 0 Å². The normalized spacial score (nSPS) is 35.3. The van der Waals surface area contributed by atoms with Gasteiger partial charge in [0.05, 0.1) is 19.3 Å². The van der Waals surface area contributed by atoms with Crippen LogP contribution in [-0.2, 0) is 15.9 Å². The quantitative estimate of drug-likeness (QED) is 0.451. The number of fused-ring (bicyclic) bond motifs is 1. The van der Waals surface area contributed by atoms with E-state index in [-0.39, 0.29) is 12.4 Å². The van der Waals surface area contributed by atoms with E-state index in [1.54, 1.807) is 6.92 Å². The molecule has 2 aliphatic rings. The van der Waals surface area contributed by atoms with Crippen molar-refractivity contribution in [2.24, 2.45) is 5.92 Å². The highest BCUT2D eigenvalue weighted by Gasteiger charge is 2.44. The zero-order valence-corrected chi connectivity index (χ0v) is 16.2. The van der Waals surface area contributed by atoms with Gasteiger partial charge < -0.3 is 35.0 Å². The van der Waals surface area contributed by atoms with Crippen molar-refractivity contribution in [3.63, 3.8) is 0 Å². The number of hydrogen-bond acceptors (Lipinski definition) is 8. The minimum Gasteiger partial charge on any atom is -0.394 e. The van der Waals surface area contributed by atoms with Crippen molar-refractivity contribution in [1.29, 1.82) is 0 Å². The van der Waals surface area contributed by atoms with Crippen LogP contribution in [0.15, 0.2) is 6.07 Å². The Morgan fingerprint density at radius 2 is 1.79 bits per heavy atom. The maximum absolute atomic E-state index is 12.5. The summed E-state index contributed by atoms with van der Waals surface area (Å²) in [6.45, 7) is 5.07. The molecule has 1 saturated heterocycles. The van der Waals surface area contributed by atoms with E-state index in [4.69, 9.17) is 9.47 Å². The molecule has 1 fully saturated rings. The number of carbonyl (C=O) groups excluding carboxylic acids is 1. The van der Waals surface area contributed by atoms with E-state index in [2.05, 4.69) is 0 Å². The van der Waals surface area contributed by atoms with Crippen LogP contribution in [0, 0.1) is 19.8 Å². The summed E-state index contributed by atoms with van der Waals surface area (Å²) in [5.74, 6) is -0.537. The predicted octanol–water partition coefficient (Wildman–Crippen LogP) is -0.472. The molecular formula is C20H28O8. The Balaban J connectivity index is 1.72. The first-order chi connectivity index (χ1) is 13.2. The van der Waals surface area contributed by atoms with Crippen LogP contribution >= 0.6 is 0 Å². The number of rotatable bonds is 5. The summed E-state index contributed by atoms with van der Waals surface area (Å²) in [4.78, 5) is 12.5. The summed E-state index contributed by atoms with van der Waals surface area (Å²) >= 11 is 0. The van der Waals surface area contributed by atoms with Gasteiger partial charge in [0.1, 0.15) is 24.4 Å². The summed E-state index contributed by atoms with van der Waals surface area (Å²) in [6, 6.07) is 1.83. The van der Waals surface area contributed by atoms with Crippen LogP contribution in [0.25, 0.3) is 0 Å². The Morgan fingerprint density at radius 1 is 1.11 bits per heavy atom. The summed E-state index contributed by atoms with van der Waals surface area (Å²) < 4.78 is 10.9. The highest BCUT2D eigenvalue weighted by atomic mass is 16.7. The number of aryl methyl sites for hydroxylation is 1. The first-order valence-corrected chi connectivity index (χ1v) is 9.46. The molecule has 1 aromatic rings. The molecule has 0 unspecified atom stereocenters. The van der Waals surface area contributed by atoms with E-state index >= 15 is 0 Å². The lowest BCUT2D eigenvalue weighted by Gasteiger charge is -2.39. The fourth-order valence-electron chi connectivity index (χ4n) is 4.12. The molecule has 3 rings (SSSR count). The molecule has 0 radical (unpaired) electrons. The van der Waals surface area contributed by atoms with Crippen molar-refractivity contribution >= 4 is 5.78 Å². The molecule has 156 valence electrons. The molecular weight excluding hydrogens is 368 g/mol. The Kier molecular flexibility index (Phi) is 6.21. The topological polar surface area (TPSA) is 137 Å². The Hall–Kier alpha value is -1.39. The Morgan fingerprint density at radius 3 is 2.43 bits per heavy atom. The van der Waals surface area contributed by atoms with E-state index < -0.39 is 49.3 Å². The number of hydrogen-bond donors (Lipinski definition) is 5. The molecule has 0 saturated carbocycles. The molecule has 1 heterocycles. The minimum absolute atomic E-state index is 0.0731. The number of Topliss-reactive ketones (excluding diaryl/α,β-unsaturated/α-hetero) is 1. The molecule has 8 heteroatoms. The van der Waals surface area contributed by atoms with E-state index in [1.165, 1.54) is 0 Å². The predicted molar refractivity (Wildman–Crippen MR) is 97.8 cm³/mol. The molecule has 0 aromatic heterocycles. The summed E-state index contributed by atoms with van der Waals surface area (Å²) in [5, 5.41) is 49.2. The summed E-state index contributed by atoms with van der Waals surface area (Å²) in [5.41, 5.74) is 3.87. The van der Waals surface area contributed by atoms with E-state index in [0.717, 1.165) is 16.7 Å². The Bertz CT molecular complexity index is 746. The van der Waals surface area contributed by atoms with Gasteiger partial charge in [0.15, 0.2) is 12.1 Å². The molecule has 1 aliphatic heterocycles. The zero-order valence-electron chi connectivity index (χ0n) is 16.2. The van der Waals surface area contributed by atoms with Gasteiger partial charge in [-0.25, -0.2) is 0 Å². The lowest BCUT2D eigenvalue weighted by atomic mass is 9.92. The molecule has 8 nitrogen and oxygen atoms in total. The second-order valence-electron chi connectivity index (χ2n) is 7.68. The average molecular weight is 396 g/mol. The van der Waals surface area contributed by atoms with Gasteiger partial charge in [-0.1, -0.05) is 13.0 Å². The van der Waals surface area contributed by atoms with Crippen LogP contribution in [0.4, 0.5) is 0 Å². The van der Waals surface area contributed by atoms with Gasteiger partial charge in [-0.3, -0.25) is 4.79 Å². The van der Waals surface area contributed by atoms with Crippen molar-refractivity contribution in [3.8, 4) is 0 Å². The van der Waals surface area contributed by atoms with Gasteiger partial charge in [0.25, 0.3) is 0 Å². The van der Waals surface area contributed by atoms with Crippen molar-refractivity contribution in [1.82, 2.24) is 0 Å². The van der Waals surface area contributed by atoms with Crippen LogP contribution in [0.5, 0.6) is 0 Å². The van der Waals surface area contributed by atoms with E-state index in [0.29, 0.717) is 17.5 Å². The van der Waals surface area contributed by atoms with Crippen molar-refractivity contribution in [3.05, 3.63) is 33.9 Å². The van der Waals surface area contributed by atoms with Gasteiger partial charge >= 0.3 is 0 Å². The third-order valence-electron chi connectivity index (χ3n) is 5.90. The van der Waals surface area contributed by atoms with Gasteiger partial charge in [0.2, 0.25) is 0 Å². The number of ketones is 1. The van der Waals surface area contributed by atoms with Crippen LogP contribution in [0.2, 0.25) is 0 Å². The van der Waals surface area contributed by atoms with Crippen molar-refractivity contribution < 1.29 is 39.8 Å². The fraction of sp³-hybridized carbons (Fsp3) is 0.650. The second kappa shape index (κ2) is 8.16. The number of aliphatic hydroxyl groups excluding tert-OH is 5. The standard InChI is InChI=1S/C20H28O8/c1-8-6-12-14(16(23)10(3)15(12)22)9(2)11(8)4-5-27-20-19(26)18(25)17(24)13(7-21)28-20/h6,10,13,15,17-22,24-26H,4-5,7H2,1-3H3/t10-,13-,15-,17-,18+,19-,20-/m1/s1. The highest BCUT2D eigenvalue weighted by Crippen LogP contribution is 2.39.